The molecule has 0 saturated carbocycles. The number of hydrogen-bond acceptors (Lipinski definition) is 8. The van der Waals surface area contributed by atoms with Crippen LogP contribution in [0.2, 0.25) is 0 Å². The van der Waals surface area contributed by atoms with E-state index in [1.807, 2.05) is 37.1 Å². The number of aromatic nitrogens is 2. The lowest BCUT2D eigenvalue weighted by Crippen LogP contribution is -2.21. The molecule has 3 aromatic rings. The molecule has 0 radical (unpaired) electrons. The number of aryl methyl sites for hydroxylation is 1. The van der Waals surface area contributed by atoms with Gasteiger partial charge in [-0.2, -0.15) is 0 Å². The van der Waals surface area contributed by atoms with E-state index in [9.17, 15) is 9.59 Å². The molecule has 160 valence electrons. The van der Waals surface area contributed by atoms with Crippen LogP contribution < -0.4 is 15.0 Å². The van der Waals surface area contributed by atoms with Gasteiger partial charge in [-0.3, -0.25) is 9.69 Å². The number of nitrogens with one attached hydrogen (secondary N) is 1. The summed E-state index contributed by atoms with van der Waals surface area (Å²) < 4.78 is 15.8. The van der Waals surface area contributed by atoms with Crippen molar-refractivity contribution in [2.24, 2.45) is 0 Å². The third kappa shape index (κ3) is 4.47. The third-order valence-electron chi connectivity index (χ3n) is 4.62. The molecule has 1 aromatic carbocycles. The highest BCUT2D eigenvalue weighted by atomic mass is 32.1. The van der Waals surface area contributed by atoms with Crippen LogP contribution >= 0.6 is 11.3 Å². The van der Waals surface area contributed by atoms with Gasteiger partial charge in [0.1, 0.15) is 15.5 Å². The van der Waals surface area contributed by atoms with Crippen molar-refractivity contribution in [2.45, 2.75) is 26.9 Å². The number of methoxy groups -OCH3 is 2. The van der Waals surface area contributed by atoms with Crippen LogP contribution in [0, 0.1) is 6.92 Å². The highest BCUT2D eigenvalue weighted by Gasteiger charge is 2.20. The number of H-pyrrole nitrogens is 1. The molecule has 0 aliphatic carbocycles. The second-order valence-electron chi connectivity index (χ2n) is 6.83. The fourth-order valence-electron chi connectivity index (χ4n) is 3.26. The molecular formula is C21H25N3O5S. The first-order valence-corrected chi connectivity index (χ1v) is 10.3. The van der Waals surface area contributed by atoms with E-state index in [-0.39, 0.29) is 5.56 Å². The normalized spacial score (nSPS) is 11.1. The number of carbonyl (C=O) groups is 1. The predicted molar refractivity (Wildman–Crippen MR) is 116 cm³/mol. The molecule has 3 rings (SSSR count). The fourth-order valence-corrected chi connectivity index (χ4v) is 4.38. The van der Waals surface area contributed by atoms with Gasteiger partial charge in [0.15, 0.2) is 11.5 Å². The molecule has 0 spiro atoms. The Morgan fingerprint density at radius 1 is 1.23 bits per heavy atom. The monoisotopic (exact) mass is 431 g/mol. The van der Waals surface area contributed by atoms with Gasteiger partial charge in [-0.15, -0.1) is 11.3 Å². The first-order valence-electron chi connectivity index (χ1n) is 9.46. The first kappa shape index (κ1) is 21.8. The van der Waals surface area contributed by atoms with Gasteiger partial charge in [0, 0.05) is 6.54 Å². The number of ether oxygens (including phenoxy) is 3. The summed E-state index contributed by atoms with van der Waals surface area (Å²) in [6.45, 7) is 5.28. The average Bonchev–Trinajstić information content (AvgIpc) is 3.05. The Balaban J connectivity index is 1.80. The number of nitrogens with zero attached hydrogens (tertiary/aromatic N) is 2. The van der Waals surface area contributed by atoms with Crippen molar-refractivity contribution < 1.29 is 19.0 Å². The standard InChI is InChI=1S/C21H25N3O5S/c1-6-29-14-8-7-13(9-15(14)27-4)10-24(3)11-16-22-19(25)17-12(2)18(21(26)28-5)30-20(17)23-16/h7-9H,6,10-11H2,1-5H3,(H,22,23,25). The van der Waals surface area contributed by atoms with E-state index in [4.69, 9.17) is 14.2 Å². The molecule has 2 heterocycles. The number of benzene rings is 1. The number of fused-ring (bicyclic) bond motifs is 1. The molecule has 0 atom stereocenters. The van der Waals surface area contributed by atoms with E-state index >= 15 is 0 Å². The Morgan fingerprint density at radius 3 is 2.67 bits per heavy atom. The Hall–Kier alpha value is -2.91. The molecule has 8 nitrogen and oxygen atoms in total. The summed E-state index contributed by atoms with van der Waals surface area (Å²) in [6, 6.07) is 5.81. The minimum atomic E-state index is -0.460. The molecule has 0 aliphatic heterocycles. The molecular weight excluding hydrogens is 406 g/mol. The maximum Gasteiger partial charge on any atom is 0.348 e. The lowest BCUT2D eigenvalue weighted by molar-refractivity contribution is 0.0605. The van der Waals surface area contributed by atoms with E-state index in [0.29, 0.717) is 57.7 Å². The van der Waals surface area contributed by atoms with Gasteiger partial charge in [-0.25, -0.2) is 9.78 Å². The molecule has 9 heteroatoms. The Labute approximate surface area is 178 Å². The fraction of sp³-hybridized carbons (Fsp3) is 0.381. The van der Waals surface area contributed by atoms with Crippen LogP contribution in [0.15, 0.2) is 23.0 Å². The van der Waals surface area contributed by atoms with Gasteiger partial charge >= 0.3 is 5.97 Å². The van der Waals surface area contributed by atoms with Gasteiger partial charge in [-0.05, 0) is 44.2 Å². The van der Waals surface area contributed by atoms with Crippen molar-refractivity contribution in [3.8, 4) is 11.5 Å². The molecule has 0 amide bonds. The van der Waals surface area contributed by atoms with Crippen LogP contribution in [-0.4, -0.2) is 48.7 Å². The third-order valence-corrected chi connectivity index (χ3v) is 5.79. The van der Waals surface area contributed by atoms with Crippen molar-refractivity contribution >= 4 is 27.5 Å². The molecule has 0 aliphatic rings. The summed E-state index contributed by atoms with van der Waals surface area (Å²) in [5.74, 6) is 1.46. The van der Waals surface area contributed by atoms with Crippen LogP contribution in [0.1, 0.15) is 33.5 Å². The second-order valence-corrected chi connectivity index (χ2v) is 7.83. The average molecular weight is 432 g/mol. The number of esters is 1. The maximum atomic E-state index is 12.6. The SMILES string of the molecule is CCOc1ccc(CN(C)Cc2nc3sc(C(=O)OC)c(C)c3c(=O)[nH]2)cc1OC. The van der Waals surface area contributed by atoms with Crippen LogP contribution in [0.5, 0.6) is 11.5 Å². The maximum absolute atomic E-state index is 12.6. The van der Waals surface area contributed by atoms with Crippen LogP contribution in [0.3, 0.4) is 0 Å². The Kier molecular flexibility index (Phi) is 6.73. The molecule has 0 saturated heterocycles. The van der Waals surface area contributed by atoms with Crippen LogP contribution in [0.25, 0.3) is 10.2 Å². The summed E-state index contributed by atoms with van der Waals surface area (Å²) in [6.07, 6.45) is 0. The highest BCUT2D eigenvalue weighted by molar-refractivity contribution is 7.20. The molecule has 0 unspecified atom stereocenters. The summed E-state index contributed by atoms with van der Waals surface area (Å²) in [5.41, 5.74) is 1.38. The Morgan fingerprint density at radius 2 is 2.00 bits per heavy atom. The van der Waals surface area contributed by atoms with Gasteiger partial charge in [0.2, 0.25) is 0 Å². The second kappa shape index (κ2) is 9.27. The van der Waals surface area contributed by atoms with Gasteiger partial charge in [-0.1, -0.05) is 6.07 Å². The summed E-state index contributed by atoms with van der Waals surface area (Å²) in [5, 5.41) is 0.433. The van der Waals surface area contributed by atoms with E-state index < -0.39 is 5.97 Å². The highest BCUT2D eigenvalue weighted by Crippen LogP contribution is 2.29. The van der Waals surface area contributed by atoms with E-state index in [2.05, 4.69) is 9.97 Å². The first-order chi connectivity index (χ1) is 14.4. The Bertz CT molecular complexity index is 1120. The zero-order valence-electron chi connectivity index (χ0n) is 17.7. The van der Waals surface area contributed by atoms with Crippen molar-refractivity contribution in [3.05, 3.63) is 50.4 Å². The summed E-state index contributed by atoms with van der Waals surface area (Å²) in [7, 11) is 4.87. The van der Waals surface area contributed by atoms with Crippen LogP contribution in [0.4, 0.5) is 0 Å². The van der Waals surface area contributed by atoms with E-state index in [0.717, 1.165) is 5.56 Å². The molecule has 2 aromatic heterocycles. The van der Waals surface area contributed by atoms with Crippen molar-refractivity contribution in [2.75, 3.05) is 27.9 Å². The van der Waals surface area contributed by atoms with Crippen molar-refractivity contribution in [3.63, 3.8) is 0 Å². The van der Waals surface area contributed by atoms with E-state index in [1.165, 1.54) is 18.4 Å². The number of rotatable bonds is 8. The molecule has 30 heavy (non-hydrogen) atoms. The lowest BCUT2D eigenvalue weighted by atomic mass is 10.2. The summed E-state index contributed by atoms with van der Waals surface area (Å²) in [4.78, 5) is 34.8. The number of hydrogen-bond donors (Lipinski definition) is 1. The molecule has 0 fully saturated rings. The van der Waals surface area contributed by atoms with Gasteiger partial charge in [0.05, 0.1) is 32.8 Å². The largest absolute Gasteiger partial charge is 0.493 e. The zero-order chi connectivity index (χ0) is 21.8. The van der Waals surface area contributed by atoms with Crippen LogP contribution in [-0.2, 0) is 17.8 Å². The van der Waals surface area contributed by atoms with Gasteiger partial charge in [0.25, 0.3) is 5.56 Å². The van der Waals surface area contributed by atoms with E-state index in [1.54, 1.807) is 14.0 Å². The van der Waals surface area contributed by atoms with Crippen molar-refractivity contribution in [1.82, 2.24) is 14.9 Å². The van der Waals surface area contributed by atoms with Gasteiger partial charge < -0.3 is 19.2 Å². The lowest BCUT2D eigenvalue weighted by Gasteiger charge is -2.17. The number of thiophene rings is 1. The summed E-state index contributed by atoms with van der Waals surface area (Å²) >= 11 is 1.17. The molecule has 1 N–H and O–H groups in total. The molecule has 0 bridgehead atoms. The predicted octanol–water partition coefficient (Wildman–Crippen LogP) is 3.12. The quantitative estimate of drug-likeness (QED) is 0.548. The minimum absolute atomic E-state index is 0.255. The number of aromatic amines is 1. The topological polar surface area (TPSA) is 93.7 Å². The van der Waals surface area contributed by atoms with Crippen molar-refractivity contribution in [1.29, 1.82) is 0 Å². The smallest absolute Gasteiger partial charge is 0.348 e. The number of carbonyl (C=O) groups excluding carboxylic acids is 1. The zero-order valence-corrected chi connectivity index (χ0v) is 18.5. The minimum Gasteiger partial charge on any atom is -0.493 e.